The van der Waals surface area contributed by atoms with Crippen LogP contribution in [0.25, 0.3) is 0 Å². The van der Waals surface area contributed by atoms with Crippen LogP contribution in [0.2, 0.25) is 0 Å². The molecule has 0 N–H and O–H groups in total. The zero-order valence-corrected chi connectivity index (χ0v) is 17.0. The van der Waals surface area contributed by atoms with Crippen LogP contribution < -0.4 is 0 Å². The van der Waals surface area contributed by atoms with Gasteiger partial charge in [0.05, 0.1) is 0 Å². The fraction of sp³-hybridized carbons (Fsp3) is 1.00. The molecular formula is C24H42. The van der Waals surface area contributed by atoms with Crippen molar-refractivity contribution in [3.63, 3.8) is 0 Å². The zero-order chi connectivity index (χ0) is 17.0. The summed E-state index contributed by atoms with van der Waals surface area (Å²) in [6.07, 6.45) is 19.8. The summed E-state index contributed by atoms with van der Waals surface area (Å²) < 4.78 is 0. The molecule has 0 radical (unpaired) electrons. The number of unbranched alkanes of at least 4 members (excludes halogenated alkanes) is 1. The molecule has 4 saturated carbocycles. The van der Waals surface area contributed by atoms with Crippen LogP contribution in [0.15, 0.2) is 0 Å². The number of hydrogen-bond donors (Lipinski definition) is 0. The first kappa shape index (κ1) is 17.4. The third-order valence-electron chi connectivity index (χ3n) is 10.4. The van der Waals surface area contributed by atoms with Crippen LogP contribution >= 0.6 is 0 Å². The molecule has 0 heterocycles. The van der Waals surface area contributed by atoms with Crippen LogP contribution in [-0.2, 0) is 0 Å². The fourth-order valence-corrected chi connectivity index (χ4v) is 8.64. The SMILES string of the molecule is CCCCC1CCC2C3CCC4(C)CCCCC4(C)C3CCC12C. The highest BCUT2D eigenvalue weighted by atomic mass is 14.7. The van der Waals surface area contributed by atoms with Crippen molar-refractivity contribution in [3.8, 4) is 0 Å². The lowest BCUT2D eigenvalue weighted by atomic mass is 9.40. The van der Waals surface area contributed by atoms with Gasteiger partial charge in [-0.05, 0) is 97.7 Å². The van der Waals surface area contributed by atoms with Gasteiger partial charge in [-0.2, -0.15) is 0 Å². The van der Waals surface area contributed by atoms with Gasteiger partial charge in [0.1, 0.15) is 0 Å². The van der Waals surface area contributed by atoms with E-state index in [1.807, 2.05) is 0 Å². The molecule has 24 heavy (non-hydrogen) atoms. The Hall–Kier alpha value is 0. The van der Waals surface area contributed by atoms with Gasteiger partial charge < -0.3 is 0 Å². The molecule has 0 saturated heterocycles. The van der Waals surface area contributed by atoms with Crippen molar-refractivity contribution < 1.29 is 0 Å². The quantitative estimate of drug-likeness (QED) is 0.499. The predicted molar refractivity (Wildman–Crippen MR) is 104 cm³/mol. The summed E-state index contributed by atoms with van der Waals surface area (Å²) in [6.45, 7) is 10.5. The standard InChI is InChI=1S/C24H42/c1-5-6-9-18-10-11-20-19-12-16-22(2)14-7-8-15-24(22,4)21(19)13-17-23(18,20)3/h18-21H,5-17H2,1-4H3. The Bertz CT molecular complexity index is 467. The van der Waals surface area contributed by atoms with Gasteiger partial charge in [-0.1, -0.05) is 53.4 Å². The van der Waals surface area contributed by atoms with Crippen LogP contribution in [0.4, 0.5) is 0 Å². The molecule has 4 rings (SSSR count). The minimum absolute atomic E-state index is 0.664. The largest absolute Gasteiger partial charge is 0.0654 e. The van der Waals surface area contributed by atoms with Crippen molar-refractivity contribution in [1.29, 1.82) is 0 Å². The van der Waals surface area contributed by atoms with E-state index in [0.717, 1.165) is 23.7 Å². The van der Waals surface area contributed by atoms with Gasteiger partial charge in [-0.3, -0.25) is 0 Å². The van der Waals surface area contributed by atoms with Crippen LogP contribution in [0.1, 0.15) is 111 Å². The molecule has 0 amide bonds. The first-order valence-corrected chi connectivity index (χ1v) is 11.4. The molecular weight excluding hydrogens is 288 g/mol. The molecule has 0 aromatic carbocycles. The van der Waals surface area contributed by atoms with E-state index >= 15 is 0 Å². The first-order valence-electron chi connectivity index (χ1n) is 11.4. The van der Waals surface area contributed by atoms with Gasteiger partial charge >= 0.3 is 0 Å². The van der Waals surface area contributed by atoms with E-state index in [1.165, 1.54) is 51.4 Å². The highest BCUT2D eigenvalue weighted by Crippen LogP contribution is 2.70. The van der Waals surface area contributed by atoms with Crippen molar-refractivity contribution in [1.82, 2.24) is 0 Å². The Kier molecular flexibility index (Phi) is 4.37. The summed E-state index contributed by atoms with van der Waals surface area (Å²) in [5.41, 5.74) is 2.03. The average Bonchev–Trinajstić information content (AvgIpc) is 2.90. The van der Waals surface area contributed by atoms with Crippen molar-refractivity contribution in [2.24, 2.45) is 39.9 Å². The van der Waals surface area contributed by atoms with E-state index in [-0.39, 0.29) is 0 Å². The highest BCUT2D eigenvalue weighted by molar-refractivity contribution is 5.11. The Morgan fingerprint density at radius 1 is 0.792 bits per heavy atom. The maximum absolute atomic E-state index is 2.73. The first-order chi connectivity index (χ1) is 11.4. The predicted octanol–water partition coefficient (Wildman–Crippen LogP) is 7.62. The Morgan fingerprint density at radius 2 is 1.58 bits per heavy atom. The molecule has 7 atom stereocenters. The molecule has 0 aromatic heterocycles. The normalized spacial score (nSPS) is 54.0. The molecule has 0 nitrogen and oxygen atoms in total. The van der Waals surface area contributed by atoms with Crippen molar-refractivity contribution in [2.75, 3.05) is 0 Å². The lowest BCUT2D eigenvalue weighted by Crippen LogP contribution is -2.56. The summed E-state index contributed by atoms with van der Waals surface area (Å²) >= 11 is 0. The molecule has 0 aromatic rings. The van der Waals surface area contributed by atoms with E-state index < -0.39 is 0 Å². The third kappa shape index (κ3) is 2.30. The lowest BCUT2D eigenvalue weighted by Gasteiger charge is -2.64. The molecule has 4 aliphatic carbocycles. The summed E-state index contributed by atoms with van der Waals surface area (Å²) in [5.74, 6) is 4.25. The second kappa shape index (κ2) is 6.02. The molecule has 0 heteroatoms. The Morgan fingerprint density at radius 3 is 2.38 bits per heavy atom. The topological polar surface area (TPSA) is 0 Å². The highest BCUT2D eigenvalue weighted by Gasteiger charge is 2.62. The number of fused-ring (bicyclic) bond motifs is 5. The molecule has 4 aliphatic rings. The van der Waals surface area contributed by atoms with E-state index in [9.17, 15) is 0 Å². The Balaban J connectivity index is 1.58. The molecule has 0 bridgehead atoms. The van der Waals surface area contributed by atoms with E-state index in [1.54, 1.807) is 32.1 Å². The lowest BCUT2D eigenvalue weighted by molar-refractivity contribution is -0.152. The van der Waals surface area contributed by atoms with Gasteiger partial charge in [-0.15, -0.1) is 0 Å². The number of hydrogen-bond acceptors (Lipinski definition) is 0. The number of rotatable bonds is 3. The third-order valence-corrected chi connectivity index (χ3v) is 10.4. The van der Waals surface area contributed by atoms with Gasteiger partial charge in [0.2, 0.25) is 0 Å². The van der Waals surface area contributed by atoms with Crippen LogP contribution in [0.3, 0.4) is 0 Å². The average molecular weight is 331 g/mol. The van der Waals surface area contributed by atoms with E-state index in [0.29, 0.717) is 16.2 Å². The monoisotopic (exact) mass is 330 g/mol. The summed E-state index contributed by atoms with van der Waals surface area (Å²) in [7, 11) is 0. The van der Waals surface area contributed by atoms with Crippen LogP contribution in [0.5, 0.6) is 0 Å². The molecule has 0 aliphatic heterocycles. The second-order valence-electron chi connectivity index (χ2n) is 11.1. The molecule has 7 unspecified atom stereocenters. The minimum Gasteiger partial charge on any atom is -0.0654 e. The smallest absolute Gasteiger partial charge is 0.0241 e. The van der Waals surface area contributed by atoms with Gasteiger partial charge in [0.15, 0.2) is 0 Å². The van der Waals surface area contributed by atoms with Crippen LogP contribution in [-0.4, -0.2) is 0 Å². The molecule has 4 fully saturated rings. The van der Waals surface area contributed by atoms with E-state index in [4.69, 9.17) is 0 Å². The summed E-state index contributed by atoms with van der Waals surface area (Å²) in [6, 6.07) is 0. The summed E-state index contributed by atoms with van der Waals surface area (Å²) in [4.78, 5) is 0. The fourth-order valence-electron chi connectivity index (χ4n) is 8.64. The molecule has 0 spiro atoms. The van der Waals surface area contributed by atoms with Crippen molar-refractivity contribution >= 4 is 0 Å². The maximum atomic E-state index is 2.73. The van der Waals surface area contributed by atoms with E-state index in [2.05, 4.69) is 27.7 Å². The van der Waals surface area contributed by atoms with Gasteiger partial charge in [0, 0.05) is 0 Å². The van der Waals surface area contributed by atoms with Crippen molar-refractivity contribution in [3.05, 3.63) is 0 Å². The van der Waals surface area contributed by atoms with Gasteiger partial charge in [0.25, 0.3) is 0 Å². The van der Waals surface area contributed by atoms with Crippen molar-refractivity contribution in [2.45, 2.75) is 111 Å². The maximum Gasteiger partial charge on any atom is -0.0241 e. The van der Waals surface area contributed by atoms with Crippen LogP contribution in [0, 0.1) is 39.9 Å². The van der Waals surface area contributed by atoms with Gasteiger partial charge in [-0.25, -0.2) is 0 Å². The molecule has 138 valence electrons. The minimum atomic E-state index is 0.664. The Labute approximate surface area is 151 Å². The zero-order valence-electron chi connectivity index (χ0n) is 17.0. The second-order valence-corrected chi connectivity index (χ2v) is 11.1. The summed E-state index contributed by atoms with van der Waals surface area (Å²) in [5, 5.41) is 0.